The Balaban J connectivity index is 1.89. The SMILES string of the molecule is C[C@H](Oc1ncccc1C(=O)NCCN1CCN(C)CC1)C(F)(F)F. The Bertz CT molecular complexity index is 575. The van der Waals surface area contributed by atoms with E-state index in [1.54, 1.807) is 0 Å². The summed E-state index contributed by atoms with van der Waals surface area (Å²) in [7, 11) is 2.06. The summed E-state index contributed by atoms with van der Waals surface area (Å²) in [6.07, 6.45) is -5.27. The highest BCUT2D eigenvalue weighted by Crippen LogP contribution is 2.25. The van der Waals surface area contributed by atoms with Gasteiger partial charge in [0.05, 0.1) is 0 Å². The van der Waals surface area contributed by atoms with Crippen LogP contribution >= 0.6 is 0 Å². The summed E-state index contributed by atoms with van der Waals surface area (Å²) in [5, 5.41) is 2.71. The molecule has 0 saturated carbocycles. The number of halogens is 3. The van der Waals surface area contributed by atoms with Crippen LogP contribution in [0.4, 0.5) is 13.2 Å². The van der Waals surface area contributed by atoms with Crippen LogP contribution in [0.5, 0.6) is 5.88 Å². The Hall–Kier alpha value is -1.87. The summed E-state index contributed by atoms with van der Waals surface area (Å²) in [6, 6.07) is 2.89. The van der Waals surface area contributed by atoms with Gasteiger partial charge in [-0.3, -0.25) is 9.69 Å². The van der Waals surface area contributed by atoms with Crippen molar-refractivity contribution in [1.29, 1.82) is 0 Å². The number of ether oxygens (including phenoxy) is 1. The number of amides is 1. The highest BCUT2D eigenvalue weighted by molar-refractivity contribution is 5.96. The lowest BCUT2D eigenvalue weighted by molar-refractivity contribution is -0.190. The van der Waals surface area contributed by atoms with E-state index in [-0.39, 0.29) is 11.4 Å². The highest BCUT2D eigenvalue weighted by Gasteiger charge is 2.38. The van der Waals surface area contributed by atoms with Crippen LogP contribution in [0.3, 0.4) is 0 Å². The molecule has 0 unspecified atom stereocenters. The minimum atomic E-state index is -4.52. The van der Waals surface area contributed by atoms with Crippen molar-refractivity contribution in [3.63, 3.8) is 0 Å². The van der Waals surface area contributed by atoms with E-state index >= 15 is 0 Å². The zero-order valence-corrected chi connectivity index (χ0v) is 14.3. The third-order valence-electron chi connectivity index (χ3n) is 4.07. The van der Waals surface area contributed by atoms with Crippen molar-refractivity contribution in [2.75, 3.05) is 46.3 Å². The van der Waals surface area contributed by atoms with Gasteiger partial charge < -0.3 is 15.0 Å². The van der Waals surface area contributed by atoms with Gasteiger partial charge in [-0.15, -0.1) is 0 Å². The van der Waals surface area contributed by atoms with Gasteiger partial charge in [0.25, 0.3) is 5.91 Å². The number of piperazine rings is 1. The van der Waals surface area contributed by atoms with Crippen molar-refractivity contribution >= 4 is 5.91 Å². The molecule has 2 rings (SSSR count). The Labute approximate surface area is 145 Å². The molecule has 9 heteroatoms. The van der Waals surface area contributed by atoms with Gasteiger partial charge in [-0.25, -0.2) is 4.98 Å². The molecule has 0 aromatic carbocycles. The fourth-order valence-electron chi connectivity index (χ4n) is 2.39. The molecule has 25 heavy (non-hydrogen) atoms. The Morgan fingerprint density at radius 3 is 2.68 bits per heavy atom. The number of pyridine rings is 1. The van der Waals surface area contributed by atoms with E-state index in [0.717, 1.165) is 33.1 Å². The fourth-order valence-corrected chi connectivity index (χ4v) is 2.39. The molecule has 140 valence electrons. The zero-order valence-electron chi connectivity index (χ0n) is 14.3. The Kier molecular flexibility index (Phi) is 6.60. The van der Waals surface area contributed by atoms with Gasteiger partial charge in [-0.2, -0.15) is 13.2 Å². The predicted octanol–water partition coefficient (Wildman–Crippen LogP) is 1.39. The van der Waals surface area contributed by atoms with Crippen molar-refractivity contribution in [2.24, 2.45) is 0 Å². The Morgan fingerprint density at radius 1 is 1.36 bits per heavy atom. The number of nitrogens with one attached hydrogen (secondary N) is 1. The van der Waals surface area contributed by atoms with Gasteiger partial charge in [0.15, 0.2) is 6.10 Å². The maximum Gasteiger partial charge on any atom is 0.425 e. The lowest BCUT2D eigenvalue weighted by Gasteiger charge is -2.32. The molecule has 1 atom stereocenters. The van der Waals surface area contributed by atoms with Crippen LogP contribution in [0.1, 0.15) is 17.3 Å². The molecule has 0 aliphatic carbocycles. The largest absolute Gasteiger partial charge is 0.464 e. The first kappa shape index (κ1) is 19.5. The number of rotatable bonds is 6. The molecule has 1 saturated heterocycles. The summed E-state index contributed by atoms with van der Waals surface area (Å²) in [4.78, 5) is 20.5. The first-order valence-corrected chi connectivity index (χ1v) is 8.15. The number of carbonyl (C=O) groups is 1. The van der Waals surface area contributed by atoms with Crippen LogP contribution in [0.25, 0.3) is 0 Å². The van der Waals surface area contributed by atoms with Crippen LogP contribution in [-0.2, 0) is 0 Å². The van der Waals surface area contributed by atoms with Crippen LogP contribution in [-0.4, -0.2) is 79.3 Å². The van der Waals surface area contributed by atoms with E-state index in [1.807, 2.05) is 0 Å². The number of hydrogen-bond acceptors (Lipinski definition) is 5. The number of nitrogens with zero attached hydrogens (tertiary/aromatic N) is 3. The van der Waals surface area contributed by atoms with Gasteiger partial charge in [-0.1, -0.05) is 0 Å². The minimum absolute atomic E-state index is 0.00280. The van der Waals surface area contributed by atoms with Gasteiger partial charge in [0.2, 0.25) is 5.88 Å². The monoisotopic (exact) mass is 360 g/mol. The number of hydrogen-bond donors (Lipinski definition) is 1. The number of alkyl halides is 3. The van der Waals surface area contributed by atoms with Crippen molar-refractivity contribution < 1.29 is 22.7 Å². The lowest BCUT2D eigenvalue weighted by atomic mass is 10.2. The second-order valence-corrected chi connectivity index (χ2v) is 6.06. The molecule has 1 aromatic heterocycles. The first-order valence-electron chi connectivity index (χ1n) is 8.15. The highest BCUT2D eigenvalue weighted by atomic mass is 19.4. The Morgan fingerprint density at radius 2 is 2.04 bits per heavy atom. The third-order valence-corrected chi connectivity index (χ3v) is 4.07. The van der Waals surface area contributed by atoms with Crippen LogP contribution < -0.4 is 10.1 Å². The second kappa shape index (κ2) is 8.48. The molecule has 1 aliphatic heterocycles. The summed E-state index contributed by atoms with van der Waals surface area (Å²) < 4.78 is 42.8. The standard InChI is InChI=1S/C16H23F3N4O2/c1-12(16(17,18)19)25-15-13(4-3-5-21-15)14(24)20-6-7-23-10-8-22(2)9-11-23/h3-5,12H,6-11H2,1-2H3,(H,20,24)/t12-/m0/s1. The molecule has 2 heterocycles. The van der Waals surface area contributed by atoms with Crippen molar-refractivity contribution in [1.82, 2.24) is 20.1 Å². The molecule has 1 amide bonds. The van der Waals surface area contributed by atoms with E-state index < -0.39 is 18.2 Å². The van der Waals surface area contributed by atoms with Crippen molar-refractivity contribution in [3.05, 3.63) is 23.9 Å². The molecule has 1 fully saturated rings. The number of likely N-dealkylation sites (N-methyl/N-ethyl adjacent to an activating group) is 1. The van der Waals surface area contributed by atoms with Gasteiger partial charge >= 0.3 is 6.18 Å². The maximum absolute atomic E-state index is 12.6. The molecule has 0 spiro atoms. The second-order valence-electron chi connectivity index (χ2n) is 6.06. The molecule has 1 N–H and O–H groups in total. The van der Waals surface area contributed by atoms with Gasteiger partial charge in [0.1, 0.15) is 5.56 Å². The summed E-state index contributed by atoms with van der Waals surface area (Å²) in [6.45, 7) is 5.78. The van der Waals surface area contributed by atoms with Crippen LogP contribution in [0, 0.1) is 0 Å². The fraction of sp³-hybridized carbons (Fsp3) is 0.625. The van der Waals surface area contributed by atoms with E-state index in [9.17, 15) is 18.0 Å². The maximum atomic E-state index is 12.6. The average Bonchev–Trinajstić information content (AvgIpc) is 2.56. The smallest absolute Gasteiger partial charge is 0.425 e. The zero-order chi connectivity index (χ0) is 18.4. The topological polar surface area (TPSA) is 57.7 Å². The lowest BCUT2D eigenvalue weighted by Crippen LogP contribution is -2.46. The predicted molar refractivity (Wildman–Crippen MR) is 86.7 cm³/mol. The van der Waals surface area contributed by atoms with E-state index in [0.29, 0.717) is 13.1 Å². The molecule has 1 aliphatic rings. The van der Waals surface area contributed by atoms with E-state index in [2.05, 4.69) is 27.1 Å². The van der Waals surface area contributed by atoms with Crippen molar-refractivity contribution in [2.45, 2.75) is 19.2 Å². The number of aromatic nitrogens is 1. The van der Waals surface area contributed by atoms with Crippen LogP contribution in [0.2, 0.25) is 0 Å². The normalized spacial score (nSPS) is 18.0. The van der Waals surface area contributed by atoms with Gasteiger partial charge in [-0.05, 0) is 26.1 Å². The summed E-state index contributed by atoms with van der Waals surface area (Å²) in [5.41, 5.74) is -0.00280. The number of carbonyl (C=O) groups excluding carboxylic acids is 1. The molecule has 0 bridgehead atoms. The minimum Gasteiger partial charge on any atom is -0.464 e. The molecule has 1 aromatic rings. The average molecular weight is 360 g/mol. The molecular weight excluding hydrogens is 337 g/mol. The summed E-state index contributed by atoms with van der Waals surface area (Å²) in [5.74, 6) is -0.809. The molecule has 0 radical (unpaired) electrons. The third kappa shape index (κ3) is 5.86. The first-order chi connectivity index (χ1) is 11.8. The van der Waals surface area contributed by atoms with Gasteiger partial charge in [0, 0.05) is 45.5 Å². The molecule has 6 nitrogen and oxygen atoms in total. The van der Waals surface area contributed by atoms with Crippen molar-refractivity contribution in [3.8, 4) is 5.88 Å². The van der Waals surface area contributed by atoms with E-state index in [1.165, 1.54) is 18.3 Å². The quantitative estimate of drug-likeness (QED) is 0.831. The van der Waals surface area contributed by atoms with Crippen LogP contribution in [0.15, 0.2) is 18.3 Å². The van der Waals surface area contributed by atoms with E-state index in [4.69, 9.17) is 4.74 Å². The molecular formula is C16H23F3N4O2. The summed E-state index contributed by atoms with van der Waals surface area (Å²) >= 11 is 0.